The first-order valence-corrected chi connectivity index (χ1v) is 7.96. The average molecular weight is 345 g/mol. The molecule has 7 nitrogen and oxygen atoms in total. The molecule has 2 aliphatic heterocycles. The number of nitrogens with zero attached hydrogens (tertiary/aromatic N) is 1. The summed E-state index contributed by atoms with van der Waals surface area (Å²) in [7, 11) is 0. The molecule has 2 amide bonds. The first kappa shape index (κ1) is 17.0. The Hall–Kier alpha value is -2.83. The van der Waals surface area contributed by atoms with Gasteiger partial charge in [-0.25, -0.2) is 4.79 Å². The second-order valence-corrected chi connectivity index (χ2v) is 6.66. The molecule has 0 unspecified atom stereocenters. The molecule has 0 atom stereocenters. The summed E-state index contributed by atoms with van der Waals surface area (Å²) in [4.78, 5) is 39.2. The molecular formula is C18H19NO6. The summed E-state index contributed by atoms with van der Waals surface area (Å²) in [6, 6.07) is 4.86. The predicted molar refractivity (Wildman–Crippen MR) is 87.7 cm³/mol. The van der Waals surface area contributed by atoms with E-state index < -0.39 is 23.3 Å². The minimum absolute atomic E-state index is 0.0247. The molecule has 1 aromatic rings. The van der Waals surface area contributed by atoms with Crippen LogP contribution < -0.4 is 9.47 Å². The SMILES string of the molecule is CCOC(=O)C1=C(c2ccc3c(c2)OCO3)C(=O)N(C(C)(C)C)C1=O. The third kappa shape index (κ3) is 2.75. The summed E-state index contributed by atoms with van der Waals surface area (Å²) in [6.45, 7) is 7.02. The third-order valence-corrected chi connectivity index (χ3v) is 3.90. The van der Waals surface area contributed by atoms with Crippen LogP contribution in [-0.2, 0) is 19.1 Å². The standard InChI is InChI=1S/C18H19NO6/c1-5-23-17(22)14-13(15(20)19(16(14)21)18(2,3)4)10-6-7-11-12(8-10)25-9-24-11/h6-8H,5,9H2,1-4H3. The van der Waals surface area contributed by atoms with Gasteiger partial charge in [0.1, 0.15) is 5.57 Å². The van der Waals surface area contributed by atoms with Crippen molar-refractivity contribution in [1.29, 1.82) is 0 Å². The largest absolute Gasteiger partial charge is 0.462 e. The summed E-state index contributed by atoms with van der Waals surface area (Å²) in [5.74, 6) is -0.975. The minimum Gasteiger partial charge on any atom is -0.462 e. The van der Waals surface area contributed by atoms with E-state index in [9.17, 15) is 14.4 Å². The maximum Gasteiger partial charge on any atom is 0.344 e. The maximum atomic E-state index is 12.9. The lowest BCUT2D eigenvalue weighted by atomic mass is 10.0. The number of esters is 1. The normalized spacial score (nSPS) is 16.7. The van der Waals surface area contributed by atoms with E-state index in [0.29, 0.717) is 17.1 Å². The summed E-state index contributed by atoms with van der Waals surface area (Å²) in [6.07, 6.45) is 0. The Morgan fingerprint density at radius 2 is 1.84 bits per heavy atom. The summed E-state index contributed by atoms with van der Waals surface area (Å²) in [5.41, 5.74) is -0.584. The summed E-state index contributed by atoms with van der Waals surface area (Å²) in [5, 5.41) is 0. The van der Waals surface area contributed by atoms with Crippen LogP contribution >= 0.6 is 0 Å². The number of hydrogen-bond acceptors (Lipinski definition) is 6. The lowest BCUT2D eigenvalue weighted by Gasteiger charge is -2.30. The average Bonchev–Trinajstić information content (AvgIpc) is 3.07. The molecule has 0 saturated carbocycles. The van der Waals surface area contributed by atoms with E-state index in [0.717, 1.165) is 4.90 Å². The molecule has 0 aromatic heterocycles. The van der Waals surface area contributed by atoms with E-state index >= 15 is 0 Å². The lowest BCUT2D eigenvalue weighted by Crippen LogP contribution is -2.46. The van der Waals surface area contributed by atoms with Crippen LogP contribution in [0.1, 0.15) is 33.3 Å². The molecule has 3 rings (SSSR count). The lowest BCUT2D eigenvalue weighted by molar-refractivity contribution is -0.145. The first-order chi connectivity index (χ1) is 11.8. The van der Waals surface area contributed by atoms with Crippen LogP contribution in [0.15, 0.2) is 23.8 Å². The van der Waals surface area contributed by atoms with Crippen molar-refractivity contribution >= 4 is 23.4 Å². The number of imide groups is 1. The first-order valence-electron chi connectivity index (χ1n) is 7.96. The number of carbonyl (C=O) groups excluding carboxylic acids is 3. The van der Waals surface area contributed by atoms with E-state index in [1.54, 1.807) is 45.9 Å². The van der Waals surface area contributed by atoms with Gasteiger partial charge in [0.25, 0.3) is 11.8 Å². The van der Waals surface area contributed by atoms with Gasteiger partial charge in [-0.05, 0) is 45.4 Å². The quantitative estimate of drug-likeness (QED) is 0.473. The molecule has 0 fully saturated rings. The van der Waals surface area contributed by atoms with Crippen molar-refractivity contribution in [2.45, 2.75) is 33.2 Å². The Morgan fingerprint density at radius 3 is 2.48 bits per heavy atom. The van der Waals surface area contributed by atoms with Gasteiger partial charge in [-0.1, -0.05) is 6.07 Å². The molecular weight excluding hydrogens is 326 g/mol. The van der Waals surface area contributed by atoms with Gasteiger partial charge in [0.15, 0.2) is 11.5 Å². The van der Waals surface area contributed by atoms with E-state index in [1.807, 2.05) is 0 Å². The molecule has 0 bridgehead atoms. The maximum absolute atomic E-state index is 12.9. The highest BCUT2D eigenvalue weighted by molar-refractivity contribution is 6.43. The zero-order valence-electron chi connectivity index (χ0n) is 14.5. The molecule has 0 radical (unpaired) electrons. The Bertz CT molecular complexity index is 802. The van der Waals surface area contributed by atoms with Crippen molar-refractivity contribution in [2.75, 3.05) is 13.4 Å². The highest BCUT2D eigenvalue weighted by atomic mass is 16.7. The van der Waals surface area contributed by atoms with Gasteiger partial charge in [0.05, 0.1) is 12.2 Å². The molecule has 2 heterocycles. The van der Waals surface area contributed by atoms with Crippen LogP contribution in [0.2, 0.25) is 0 Å². The fraction of sp³-hybridized carbons (Fsp3) is 0.389. The van der Waals surface area contributed by atoms with Gasteiger partial charge in [0.2, 0.25) is 6.79 Å². The van der Waals surface area contributed by atoms with Crippen molar-refractivity contribution in [2.24, 2.45) is 0 Å². The third-order valence-electron chi connectivity index (χ3n) is 3.90. The van der Waals surface area contributed by atoms with Gasteiger partial charge >= 0.3 is 5.97 Å². The van der Waals surface area contributed by atoms with Crippen LogP contribution in [0.3, 0.4) is 0 Å². The number of ether oxygens (including phenoxy) is 3. The molecule has 1 aromatic carbocycles. The zero-order chi connectivity index (χ0) is 18.4. The monoisotopic (exact) mass is 345 g/mol. The van der Waals surface area contributed by atoms with Crippen molar-refractivity contribution in [1.82, 2.24) is 4.90 Å². The Labute approximate surface area is 145 Å². The molecule has 132 valence electrons. The number of fused-ring (bicyclic) bond motifs is 1. The number of rotatable bonds is 3. The number of benzene rings is 1. The van der Waals surface area contributed by atoms with Gasteiger partial charge in [-0.2, -0.15) is 0 Å². The molecule has 0 N–H and O–H groups in total. The fourth-order valence-electron chi connectivity index (χ4n) is 2.85. The highest BCUT2D eigenvalue weighted by Crippen LogP contribution is 2.39. The van der Waals surface area contributed by atoms with Crippen molar-refractivity contribution in [3.63, 3.8) is 0 Å². The second kappa shape index (κ2) is 5.91. The molecule has 0 spiro atoms. The number of amides is 2. The van der Waals surface area contributed by atoms with E-state index in [4.69, 9.17) is 14.2 Å². The molecule has 2 aliphatic rings. The number of hydrogen-bond donors (Lipinski definition) is 0. The van der Waals surface area contributed by atoms with Crippen molar-refractivity contribution in [3.8, 4) is 11.5 Å². The second-order valence-electron chi connectivity index (χ2n) is 6.66. The van der Waals surface area contributed by atoms with Gasteiger partial charge in [0, 0.05) is 5.54 Å². The van der Waals surface area contributed by atoms with Crippen LogP contribution in [0.25, 0.3) is 5.57 Å². The zero-order valence-corrected chi connectivity index (χ0v) is 14.5. The summed E-state index contributed by atoms with van der Waals surface area (Å²) < 4.78 is 15.6. The van der Waals surface area contributed by atoms with Crippen LogP contribution in [0, 0.1) is 0 Å². The Morgan fingerprint density at radius 1 is 1.16 bits per heavy atom. The highest BCUT2D eigenvalue weighted by Gasteiger charge is 2.47. The van der Waals surface area contributed by atoms with E-state index in [1.165, 1.54) is 0 Å². The fourth-order valence-corrected chi connectivity index (χ4v) is 2.85. The van der Waals surface area contributed by atoms with Gasteiger partial charge in [-0.15, -0.1) is 0 Å². The molecule has 7 heteroatoms. The Balaban J connectivity index is 2.15. The molecule has 0 aliphatic carbocycles. The van der Waals surface area contributed by atoms with Crippen molar-refractivity contribution in [3.05, 3.63) is 29.3 Å². The van der Waals surface area contributed by atoms with Crippen LogP contribution in [0.5, 0.6) is 11.5 Å². The Kier molecular flexibility index (Phi) is 4.02. The molecule has 0 saturated heterocycles. The van der Waals surface area contributed by atoms with E-state index in [-0.39, 0.29) is 24.5 Å². The number of carbonyl (C=O) groups is 3. The van der Waals surface area contributed by atoms with Crippen molar-refractivity contribution < 1.29 is 28.6 Å². The van der Waals surface area contributed by atoms with E-state index in [2.05, 4.69) is 0 Å². The molecule has 25 heavy (non-hydrogen) atoms. The smallest absolute Gasteiger partial charge is 0.344 e. The minimum atomic E-state index is -0.805. The van der Waals surface area contributed by atoms with Gasteiger partial charge < -0.3 is 14.2 Å². The topological polar surface area (TPSA) is 82.1 Å². The van der Waals surface area contributed by atoms with Gasteiger partial charge in [-0.3, -0.25) is 14.5 Å². The van der Waals surface area contributed by atoms with Crippen LogP contribution in [0.4, 0.5) is 0 Å². The van der Waals surface area contributed by atoms with Crippen LogP contribution in [-0.4, -0.2) is 41.6 Å². The predicted octanol–water partition coefficient (Wildman–Crippen LogP) is 1.90. The summed E-state index contributed by atoms with van der Waals surface area (Å²) >= 11 is 0.